The number of hydrogen-bond acceptors (Lipinski definition) is 11. The molecular weight excluding hydrogens is 416 g/mol. The largest absolute Gasteiger partial charge is 0.480 e. The van der Waals surface area contributed by atoms with Crippen molar-refractivity contribution < 1.29 is 22.7 Å². The number of sulfonamides is 1. The number of aromatic nitrogens is 4. The van der Waals surface area contributed by atoms with Crippen LogP contribution < -0.4 is 15.4 Å². The molecule has 0 aliphatic heterocycles. The molecule has 0 saturated heterocycles. The number of fused-ring (bicyclic) bond motifs is 1. The number of guanidine groups is 1. The van der Waals surface area contributed by atoms with Crippen LogP contribution in [0.3, 0.4) is 0 Å². The summed E-state index contributed by atoms with van der Waals surface area (Å²) in [6.07, 6.45) is 1.61. The van der Waals surface area contributed by atoms with Crippen LogP contribution in [0.4, 0.5) is 10.6 Å². The SMILES string of the molecule is COc1cnc2c(NC(C)S(=O)(=O)N(C)C(=N)NC(=O)OC(C)(C)C)ncnc2n1. The summed E-state index contributed by atoms with van der Waals surface area (Å²) in [4.78, 5) is 28.1. The van der Waals surface area contributed by atoms with Gasteiger partial charge in [0.2, 0.25) is 11.8 Å². The molecule has 30 heavy (non-hydrogen) atoms. The maximum absolute atomic E-state index is 12.8. The van der Waals surface area contributed by atoms with Gasteiger partial charge in [0, 0.05) is 7.05 Å². The van der Waals surface area contributed by atoms with Gasteiger partial charge in [-0.15, -0.1) is 0 Å². The van der Waals surface area contributed by atoms with Crippen LogP contribution in [0.1, 0.15) is 27.7 Å². The number of methoxy groups -OCH3 is 1. The summed E-state index contributed by atoms with van der Waals surface area (Å²) in [5, 5.41) is 11.5. The Balaban J connectivity index is 2.17. The highest BCUT2D eigenvalue weighted by Gasteiger charge is 2.30. The fourth-order valence-electron chi connectivity index (χ4n) is 2.14. The van der Waals surface area contributed by atoms with Crippen molar-refractivity contribution >= 4 is 39.1 Å². The van der Waals surface area contributed by atoms with Crippen molar-refractivity contribution in [3.63, 3.8) is 0 Å². The standard InChI is InChI=1S/C16H24N8O5S/c1-9(21-12-11-13(20-8-19-12)22-10(28-6)7-18-11)30(26,27)24(5)14(17)23-15(25)29-16(2,3)4/h7-9H,1-6H3,(H2,17,23,25)(H,19,20,21,22). The number of carbonyl (C=O) groups excluding carboxylic acids is 1. The number of rotatable bonds is 5. The molecule has 0 aliphatic carbocycles. The molecule has 0 saturated carbocycles. The van der Waals surface area contributed by atoms with Gasteiger partial charge in [0.1, 0.15) is 17.3 Å². The molecule has 0 radical (unpaired) electrons. The Hall–Kier alpha value is -3.29. The molecule has 0 aliphatic rings. The molecule has 2 aromatic heterocycles. The number of carbonyl (C=O) groups is 1. The Labute approximate surface area is 173 Å². The summed E-state index contributed by atoms with van der Waals surface area (Å²) in [5.74, 6) is -0.296. The van der Waals surface area contributed by atoms with Gasteiger partial charge in [-0.25, -0.2) is 32.5 Å². The first-order valence-electron chi connectivity index (χ1n) is 8.69. The van der Waals surface area contributed by atoms with Crippen LogP contribution in [-0.2, 0) is 14.8 Å². The van der Waals surface area contributed by atoms with Crippen molar-refractivity contribution in [1.29, 1.82) is 5.41 Å². The summed E-state index contributed by atoms with van der Waals surface area (Å²) in [6, 6.07) is 0. The number of alkyl carbamates (subject to hydrolysis) is 1. The van der Waals surface area contributed by atoms with Crippen LogP contribution >= 0.6 is 0 Å². The molecule has 0 spiro atoms. The first-order chi connectivity index (χ1) is 13.8. The van der Waals surface area contributed by atoms with Gasteiger partial charge >= 0.3 is 6.09 Å². The van der Waals surface area contributed by atoms with E-state index < -0.39 is 33.1 Å². The molecule has 2 aromatic rings. The number of nitrogens with zero attached hydrogens (tertiary/aromatic N) is 5. The smallest absolute Gasteiger partial charge is 0.414 e. The number of hydrogen-bond donors (Lipinski definition) is 3. The zero-order valence-electron chi connectivity index (χ0n) is 17.4. The zero-order valence-corrected chi connectivity index (χ0v) is 18.2. The minimum atomic E-state index is -4.11. The van der Waals surface area contributed by atoms with Gasteiger partial charge in [-0.2, -0.15) is 4.98 Å². The lowest BCUT2D eigenvalue weighted by Crippen LogP contribution is -2.49. The Morgan fingerprint density at radius 2 is 1.93 bits per heavy atom. The Kier molecular flexibility index (Phi) is 6.60. The molecule has 14 heteroatoms. The van der Waals surface area contributed by atoms with E-state index in [9.17, 15) is 13.2 Å². The van der Waals surface area contributed by atoms with Gasteiger partial charge in [0.15, 0.2) is 17.0 Å². The second kappa shape index (κ2) is 8.61. The summed E-state index contributed by atoms with van der Waals surface area (Å²) < 4.78 is 36.3. The summed E-state index contributed by atoms with van der Waals surface area (Å²) in [5.41, 5.74) is -0.344. The number of ether oxygens (including phenoxy) is 2. The number of anilines is 1. The molecule has 2 rings (SSSR count). The van der Waals surface area contributed by atoms with Crippen molar-refractivity contribution in [2.24, 2.45) is 0 Å². The number of amides is 1. The lowest BCUT2D eigenvalue weighted by atomic mass is 10.2. The molecule has 1 amide bonds. The van der Waals surface area contributed by atoms with Gasteiger partial charge in [0.05, 0.1) is 13.3 Å². The third-order valence-corrected chi connectivity index (χ3v) is 5.59. The molecule has 3 N–H and O–H groups in total. The van der Waals surface area contributed by atoms with E-state index in [0.717, 1.165) is 7.05 Å². The molecule has 0 bridgehead atoms. The fourth-order valence-corrected chi connectivity index (χ4v) is 3.17. The molecule has 164 valence electrons. The predicted octanol–water partition coefficient (Wildman–Crippen LogP) is 0.907. The van der Waals surface area contributed by atoms with Crippen molar-refractivity contribution in [2.75, 3.05) is 19.5 Å². The average Bonchev–Trinajstić information content (AvgIpc) is 2.65. The Morgan fingerprint density at radius 3 is 2.53 bits per heavy atom. The molecule has 2 heterocycles. The van der Waals surface area contributed by atoms with Gasteiger partial charge in [-0.3, -0.25) is 10.7 Å². The minimum Gasteiger partial charge on any atom is -0.480 e. The molecule has 1 atom stereocenters. The highest BCUT2D eigenvalue weighted by atomic mass is 32.2. The molecule has 1 unspecified atom stereocenters. The van der Waals surface area contributed by atoms with Crippen molar-refractivity contribution in [2.45, 2.75) is 38.7 Å². The second-order valence-electron chi connectivity index (χ2n) is 7.08. The van der Waals surface area contributed by atoms with Crippen LogP contribution in [0.5, 0.6) is 5.88 Å². The van der Waals surface area contributed by atoms with E-state index >= 15 is 0 Å². The van der Waals surface area contributed by atoms with Crippen molar-refractivity contribution in [3.8, 4) is 5.88 Å². The van der Waals surface area contributed by atoms with Gasteiger partial charge < -0.3 is 14.8 Å². The zero-order chi connectivity index (χ0) is 22.7. The van der Waals surface area contributed by atoms with E-state index in [1.54, 1.807) is 20.8 Å². The molecule has 0 fully saturated rings. The molecule has 0 aromatic carbocycles. The van der Waals surface area contributed by atoms with Crippen LogP contribution in [-0.4, -0.2) is 69.8 Å². The monoisotopic (exact) mass is 440 g/mol. The Morgan fingerprint density at radius 1 is 1.27 bits per heavy atom. The predicted molar refractivity (Wildman–Crippen MR) is 109 cm³/mol. The normalized spacial score (nSPS) is 12.7. The summed E-state index contributed by atoms with van der Waals surface area (Å²) >= 11 is 0. The maximum Gasteiger partial charge on any atom is 0.414 e. The maximum atomic E-state index is 12.8. The third-order valence-electron chi connectivity index (χ3n) is 3.64. The van der Waals surface area contributed by atoms with Gasteiger partial charge in [0.25, 0.3) is 10.0 Å². The van der Waals surface area contributed by atoms with Crippen molar-refractivity contribution in [3.05, 3.63) is 12.5 Å². The van der Waals surface area contributed by atoms with Crippen LogP contribution in [0.25, 0.3) is 11.2 Å². The topological polar surface area (TPSA) is 172 Å². The van der Waals surface area contributed by atoms with E-state index in [1.807, 2.05) is 0 Å². The van der Waals surface area contributed by atoms with Crippen LogP contribution in [0, 0.1) is 5.41 Å². The quantitative estimate of drug-likeness (QED) is 0.448. The highest BCUT2D eigenvalue weighted by Crippen LogP contribution is 2.20. The summed E-state index contributed by atoms with van der Waals surface area (Å²) in [7, 11) is -1.55. The van der Waals surface area contributed by atoms with E-state index in [4.69, 9.17) is 14.9 Å². The fraction of sp³-hybridized carbons (Fsp3) is 0.500. The first kappa shape index (κ1) is 23.0. The van der Waals surface area contributed by atoms with Crippen LogP contribution in [0.2, 0.25) is 0 Å². The highest BCUT2D eigenvalue weighted by molar-refractivity contribution is 7.90. The summed E-state index contributed by atoms with van der Waals surface area (Å²) in [6.45, 7) is 6.30. The van der Waals surface area contributed by atoms with Gasteiger partial charge in [-0.1, -0.05) is 0 Å². The Bertz CT molecular complexity index is 1050. The number of nitrogens with one attached hydrogen (secondary N) is 3. The van der Waals surface area contributed by atoms with Gasteiger partial charge in [-0.05, 0) is 27.7 Å². The van der Waals surface area contributed by atoms with E-state index in [1.165, 1.54) is 26.6 Å². The lowest BCUT2D eigenvalue weighted by Gasteiger charge is -2.26. The third kappa shape index (κ3) is 5.40. The second-order valence-corrected chi connectivity index (χ2v) is 9.37. The van der Waals surface area contributed by atoms with E-state index in [-0.39, 0.29) is 22.9 Å². The van der Waals surface area contributed by atoms with E-state index in [2.05, 4.69) is 30.6 Å². The first-order valence-corrected chi connectivity index (χ1v) is 10.2. The van der Waals surface area contributed by atoms with E-state index in [0.29, 0.717) is 4.31 Å². The van der Waals surface area contributed by atoms with Crippen LogP contribution in [0.15, 0.2) is 12.5 Å². The minimum absolute atomic E-state index is 0.131. The average molecular weight is 440 g/mol. The molecule has 13 nitrogen and oxygen atoms in total. The van der Waals surface area contributed by atoms with Crippen molar-refractivity contribution in [1.82, 2.24) is 29.6 Å². The lowest BCUT2D eigenvalue weighted by molar-refractivity contribution is 0.0559. The molecular formula is C16H24N8O5S.